The quantitative estimate of drug-likeness (QED) is 0.723. The van der Waals surface area contributed by atoms with E-state index in [-0.39, 0.29) is 18.2 Å². The maximum absolute atomic E-state index is 12.5. The Morgan fingerprint density at radius 3 is 2.64 bits per heavy atom. The molecule has 0 aliphatic carbocycles. The largest absolute Gasteiger partial charge is 0.326 e. The molecule has 0 unspecified atom stereocenters. The number of hydrogen-bond donors (Lipinski definition) is 1. The van der Waals surface area contributed by atoms with Crippen molar-refractivity contribution in [1.29, 1.82) is 0 Å². The molecule has 1 N–H and O–H groups in total. The van der Waals surface area contributed by atoms with Crippen LogP contribution in [0.2, 0.25) is 10.0 Å². The van der Waals surface area contributed by atoms with Crippen LogP contribution in [-0.4, -0.2) is 18.4 Å². The van der Waals surface area contributed by atoms with Gasteiger partial charge < -0.3 is 10.2 Å². The fourth-order valence-electron chi connectivity index (χ4n) is 2.70. The third-order valence-electron chi connectivity index (χ3n) is 4.15. The predicted octanol–water partition coefficient (Wildman–Crippen LogP) is 5.06. The number of aryl methyl sites for hydroxylation is 1. The molecule has 0 spiro atoms. The van der Waals surface area contributed by atoms with E-state index in [1.54, 1.807) is 29.2 Å². The number of benzene rings is 2. The van der Waals surface area contributed by atoms with Gasteiger partial charge in [-0.05, 0) is 58.7 Å². The van der Waals surface area contributed by atoms with E-state index in [1.165, 1.54) is 0 Å². The monoisotopic (exact) mass is 440 g/mol. The summed E-state index contributed by atoms with van der Waals surface area (Å²) in [5, 5.41) is 3.93. The van der Waals surface area contributed by atoms with Crippen molar-refractivity contribution >= 4 is 62.3 Å². The van der Waals surface area contributed by atoms with Crippen molar-refractivity contribution in [1.82, 2.24) is 0 Å². The molecule has 1 atom stereocenters. The molecule has 4 nitrogen and oxygen atoms in total. The standard InChI is InChI=1S/C18H15BrCl2N2O2/c1-10-2-4-13(8-15(10)20)23-9-11(6-17(23)24)18(25)22-12-3-5-14(19)16(21)7-12/h2-5,7-8,11H,6,9H2,1H3,(H,22,25)/t11-/m0/s1. The van der Waals surface area contributed by atoms with Crippen LogP contribution in [-0.2, 0) is 9.59 Å². The third kappa shape index (κ3) is 4.00. The number of hydrogen-bond acceptors (Lipinski definition) is 2. The van der Waals surface area contributed by atoms with Crippen molar-refractivity contribution in [3.63, 3.8) is 0 Å². The summed E-state index contributed by atoms with van der Waals surface area (Å²) < 4.78 is 0.755. The first-order valence-corrected chi connectivity index (χ1v) is 9.22. The van der Waals surface area contributed by atoms with Crippen LogP contribution in [0.4, 0.5) is 11.4 Å². The maximum atomic E-state index is 12.5. The summed E-state index contributed by atoms with van der Waals surface area (Å²) >= 11 is 15.5. The van der Waals surface area contributed by atoms with E-state index in [0.29, 0.717) is 28.0 Å². The highest BCUT2D eigenvalue weighted by Crippen LogP contribution is 2.30. The minimum atomic E-state index is -0.421. The number of rotatable bonds is 3. The van der Waals surface area contributed by atoms with E-state index in [4.69, 9.17) is 23.2 Å². The fraction of sp³-hybridized carbons (Fsp3) is 0.222. The number of amides is 2. The van der Waals surface area contributed by atoms with Gasteiger partial charge in [0.05, 0.1) is 10.9 Å². The maximum Gasteiger partial charge on any atom is 0.229 e. The van der Waals surface area contributed by atoms with Gasteiger partial charge in [-0.2, -0.15) is 0 Å². The highest BCUT2D eigenvalue weighted by Gasteiger charge is 2.35. The average Bonchev–Trinajstić information content (AvgIpc) is 2.95. The molecule has 1 heterocycles. The van der Waals surface area contributed by atoms with Crippen molar-refractivity contribution in [2.45, 2.75) is 13.3 Å². The van der Waals surface area contributed by atoms with Gasteiger partial charge >= 0.3 is 0 Å². The van der Waals surface area contributed by atoms with Crippen LogP contribution in [0.1, 0.15) is 12.0 Å². The van der Waals surface area contributed by atoms with Gasteiger partial charge in [0.15, 0.2) is 0 Å². The second-order valence-corrected chi connectivity index (χ2v) is 7.63. The number of carbonyl (C=O) groups excluding carboxylic acids is 2. The molecule has 2 aromatic carbocycles. The van der Waals surface area contributed by atoms with Crippen LogP contribution in [0.15, 0.2) is 40.9 Å². The van der Waals surface area contributed by atoms with E-state index in [0.717, 1.165) is 10.0 Å². The van der Waals surface area contributed by atoms with Gasteiger partial charge in [0.25, 0.3) is 0 Å². The second-order valence-electron chi connectivity index (χ2n) is 5.96. The minimum Gasteiger partial charge on any atom is -0.326 e. The first-order valence-electron chi connectivity index (χ1n) is 7.67. The van der Waals surface area contributed by atoms with Gasteiger partial charge in [-0.25, -0.2) is 0 Å². The molecule has 7 heteroatoms. The predicted molar refractivity (Wildman–Crippen MR) is 104 cm³/mol. The van der Waals surface area contributed by atoms with Crippen LogP contribution in [0, 0.1) is 12.8 Å². The Hall–Kier alpha value is -1.56. The zero-order chi connectivity index (χ0) is 18.1. The topological polar surface area (TPSA) is 49.4 Å². The average molecular weight is 442 g/mol. The molecule has 2 amide bonds. The smallest absolute Gasteiger partial charge is 0.229 e. The molecular formula is C18H15BrCl2N2O2. The molecule has 0 saturated carbocycles. The summed E-state index contributed by atoms with van der Waals surface area (Å²) in [6.45, 7) is 2.23. The van der Waals surface area contributed by atoms with Crippen LogP contribution in [0.3, 0.4) is 0 Å². The molecule has 1 aliphatic heterocycles. The first kappa shape index (κ1) is 18.2. The Balaban J connectivity index is 1.71. The zero-order valence-electron chi connectivity index (χ0n) is 13.4. The van der Waals surface area contributed by atoms with Crippen molar-refractivity contribution in [2.75, 3.05) is 16.8 Å². The number of nitrogens with one attached hydrogen (secondary N) is 1. The fourth-order valence-corrected chi connectivity index (χ4v) is 3.30. The normalized spacial score (nSPS) is 17.0. The molecule has 3 rings (SSSR count). The van der Waals surface area contributed by atoms with Gasteiger partial charge in [0.2, 0.25) is 11.8 Å². The highest BCUT2D eigenvalue weighted by atomic mass is 79.9. The number of nitrogens with zero attached hydrogens (tertiary/aromatic N) is 1. The molecule has 0 aromatic heterocycles. The molecule has 0 radical (unpaired) electrons. The second kappa shape index (κ2) is 7.36. The van der Waals surface area contributed by atoms with Crippen molar-refractivity contribution in [2.24, 2.45) is 5.92 Å². The van der Waals surface area contributed by atoms with Crippen LogP contribution >= 0.6 is 39.1 Å². The lowest BCUT2D eigenvalue weighted by Crippen LogP contribution is -2.28. The summed E-state index contributed by atoms with van der Waals surface area (Å²) in [6.07, 6.45) is 0.168. The van der Waals surface area contributed by atoms with Crippen LogP contribution < -0.4 is 10.2 Å². The molecule has 130 valence electrons. The molecule has 0 bridgehead atoms. The molecule has 1 fully saturated rings. The lowest BCUT2D eigenvalue weighted by Gasteiger charge is -2.17. The van der Waals surface area contributed by atoms with E-state index < -0.39 is 5.92 Å². The lowest BCUT2D eigenvalue weighted by molar-refractivity contribution is -0.122. The Kier molecular flexibility index (Phi) is 5.37. The van der Waals surface area contributed by atoms with Gasteiger partial charge in [-0.15, -0.1) is 0 Å². The van der Waals surface area contributed by atoms with Crippen LogP contribution in [0.25, 0.3) is 0 Å². The number of halogens is 3. The van der Waals surface area contributed by atoms with Crippen molar-refractivity contribution in [3.8, 4) is 0 Å². The minimum absolute atomic E-state index is 0.0890. The third-order valence-corrected chi connectivity index (χ3v) is 5.79. The van der Waals surface area contributed by atoms with Gasteiger partial charge in [-0.3, -0.25) is 9.59 Å². The molecular weight excluding hydrogens is 427 g/mol. The molecule has 1 saturated heterocycles. The highest BCUT2D eigenvalue weighted by molar-refractivity contribution is 9.10. The van der Waals surface area contributed by atoms with Gasteiger partial charge in [-0.1, -0.05) is 29.3 Å². The van der Waals surface area contributed by atoms with Gasteiger partial charge in [0, 0.05) is 33.8 Å². The summed E-state index contributed by atoms with van der Waals surface area (Å²) in [4.78, 5) is 26.4. The van der Waals surface area contributed by atoms with Crippen molar-refractivity contribution < 1.29 is 9.59 Å². The zero-order valence-corrected chi connectivity index (χ0v) is 16.5. The lowest BCUT2D eigenvalue weighted by atomic mass is 10.1. The molecule has 2 aromatic rings. The first-order chi connectivity index (χ1) is 11.8. The van der Waals surface area contributed by atoms with E-state index in [2.05, 4.69) is 21.2 Å². The number of carbonyl (C=O) groups is 2. The van der Waals surface area contributed by atoms with E-state index in [1.807, 2.05) is 19.1 Å². The van der Waals surface area contributed by atoms with Crippen LogP contribution in [0.5, 0.6) is 0 Å². The number of anilines is 2. The van der Waals surface area contributed by atoms with E-state index >= 15 is 0 Å². The summed E-state index contributed by atoms with van der Waals surface area (Å²) in [5.74, 6) is -0.712. The van der Waals surface area contributed by atoms with E-state index in [9.17, 15) is 9.59 Å². The summed E-state index contributed by atoms with van der Waals surface area (Å²) in [6, 6.07) is 10.6. The summed E-state index contributed by atoms with van der Waals surface area (Å²) in [5.41, 5.74) is 2.25. The molecule has 1 aliphatic rings. The Bertz CT molecular complexity index is 857. The Morgan fingerprint density at radius 1 is 1.20 bits per heavy atom. The van der Waals surface area contributed by atoms with Crippen molar-refractivity contribution in [3.05, 3.63) is 56.5 Å². The Morgan fingerprint density at radius 2 is 1.96 bits per heavy atom. The summed E-state index contributed by atoms with van der Waals surface area (Å²) in [7, 11) is 0. The SMILES string of the molecule is Cc1ccc(N2C[C@@H](C(=O)Nc3ccc(Br)c(Cl)c3)CC2=O)cc1Cl. The molecule has 25 heavy (non-hydrogen) atoms. The van der Waals surface area contributed by atoms with Gasteiger partial charge in [0.1, 0.15) is 0 Å². The Labute approximate surface area is 164 Å².